The van der Waals surface area contributed by atoms with E-state index in [-0.39, 0.29) is 41.4 Å². The molecule has 0 bridgehead atoms. The van der Waals surface area contributed by atoms with Crippen LogP contribution in [0.3, 0.4) is 0 Å². The van der Waals surface area contributed by atoms with Gasteiger partial charge in [-0.25, -0.2) is 13.2 Å². The molecule has 8 nitrogen and oxygen atoms in total. The van der Waals surface area contributed by atoms with E-state index in [2.05, 4.69) is 15.9 Å². The largest absolute Gasteiger partial charge is 0.487 e. The highest BCUT2D eigenvalue weighted by Crippen LogP contribution is 2.35. The Labute approximate surface area is 203 Å². The molecule has 3 rings (SSSR count). The van der Waals surface area contributed by atoms with Crippen LogP contribution in [-0.2, 0) is 16.6 Å². The summed E-state index contributed by atoms with van der Waals surface area (Å²) < 4.78 is 35.0. The Morgan fingerprint density at radius 2 is 2.03 bits per heavy atom. The van der Waals surface area contributed by atoms with Crippen LogP contribution in [0.5, 0.6) is 5.75 Å². The summed E-state index contributed by atoms with van der Waals surface area (Å²) in [5.74, 6) is -0.885. The molecule has 33 heavy (non-hydrogen) atoms. The number of halogens is 1. The molecule has 2 aromatic carbocycles. The Morgan fingerprint density at radius 3 is 2.70 bits per heavy atom. The summed E-state index contributed by atoms with van der Waals surface area (Å²) in [5.41, 5.74) is 1.09. The van der Waals surface area contributed by atoms with E-state index in [4.69, 9.17) is 4.74 Å². The van der Waals surface area contributed by atoms with E-state index in [1.165, 1.54) is 10.4 Å². The summed E-state index contributed by atoms with van der Waals surface area (Å²) in [7, 11) is -1.95. The van der Waals surface area contributed by atoms with Gasteiger partial charge >= 0.3 is 5.97 Å². The van der Waals surface area contributed by atoms with Gasteiger partial charge in [-0.15, -0.1) is 0 Å². The highest BCUT2D eigenvalue weighted by atomic mass is 79.9. The Bertz CT molecular complexity index is 1110. The number of carbonyl (C=O) groups is 1. The second-order valence-corrected chi connectivity index (χ2v) is 11.3. The van der Waals surface area contributed by atoms with Crippen LogP contribution >= 0.6 is 15.9 Å². The van der Waals surface area contributed by atoms with Crippen LogP contribution in [0.1, 0.15) is 29.8 Å². The molecule has 0 amide bonds. The fourth-order valence-corrected chi connectivity index (χ4v) is 6.07. The molecule has 0 aromatic heterocycles. The van der Waals surface area contributed by atoms with Gasteiger partial charge in [0.2, 0.25) is 10.0 Å². The number of benzene rings is 2. The van der Waals surface area contributed by atoms with Crippen molar-refractivity contribution in [3.63, 3.8) is 0 Å². The lowest BCUT2D eigenvalue weighted by Gasteiger charge is -2.37. The molecule has 0 radical (unpaired) electrons. The first kappa shape index (κ1) is 25.6. The van der Waals surface area contributed by atoms with Gasteiger partial charge in [0.25, 0.3) is 0 Å². The van der Waals surface area contributed by atoms with Gasteiger partial charge in [-0.1, -0.05) is 35.0 Å². The lowest BCUT2D eigenvalue weighted by Crippen LogP contribution is -2.49. The first-order valence-electron chi connectivity index (χ1n) is 10.6. The van der Waals surface area contributed by atoms with Gasteiger partial charge in [0, 0.05) is 36.1 Å². The number of nitrogens with zero attached hydrogens (tertiary/aromatic N) is 2. The quantitative estimate of drug-likeness (QED) is 0.555. The SMILES string of the molecule is C[C@@H]1CN([C@H](C)CO)S(=O)(=O)c2ccc(Br)cc2O[C@H]1CN(C)Cc1cccc(C(=O)O)c1. The maximum Gasteiger partial charge on any atom is 0.335 e. The molecule has 2 N–H and O–H groups in total. The van der Waals surface area contributed by atoms with Crippen LogP contribution in [0.4, 0.5) is 0 Å². The molecule has 0 saturated carbocycles. The van der Waals surface area contributed by atoms with Gasteiger partial charge < -0.3 is 14.9 Å². The fraction of sp³-hybridized carbons (Fsp3) is 0.435. The number of hydrogen-bond donors (Lipinski definition) is 2. The number of aliphatic hydroxyl groups excluding tert-OH is 1. The van der Waals surface area contributed by atoms with Crippen molar-refractivity contribution in [1.29, 1.82) is 0 Å². The third kappa shape index (κ3) is 5.93. The molecular weight excluding hydrogens is 512 g/mol. The van der Waals surface area contributed by atoms with Crippen LogP contribution in [0.15, 0.2) is 51.8 Å². The molecule has 2 aromatic rings. The minimum absolute atomic E-state index is 0.0692. The predicted molar refractivity (Wildman–Crippen MR) is 128 cm³/mol. The molecule has 180 valence electrons. The minimum atomic E-state index is -3.86. The number of likely N-dealkylation sites (N-methyl/N-ethyl adjacent to an activating group) is 1. The molecule has 0 spiro atoms. The third-order valence-electron chi connectivity index (χ3n) is 5.75. The maximum absolute atomic E-state index is 13.4. The number of hydrogen-bond acceptors (Lipinski definition) is 6. The number of carboxylic acid groups (broad SMARTS) is 1. The monoisotopic (exact) mass is 540 g/mol. The summed E-state index contributed by atoms with van der Waals surface area (Å²) in [6.07, 6.45) is -0.338. The van der Waals surface area contributed by atoms with Crippen molar-refractivity contribution < 1.29 is 28.2 Å². The van der Waals surface area contributed by atoms with Crippen LogP contribution < -0.4 is 4.74 Å². The summed E-state index contributed by atoms with van der Waals surface area (Å²) in [6.45, 7) is 4.52. The van der Waals surface area contributed by atoms with Crippen LogP contribution in [-0.4, -0.2) is 72.7 Å². The summed E-state index contributed by atoms with van der Waals surface area (Å²) in [5, 5.41) is 18.9. The van der Waals surface area contributed by atoms with Crippen molar-refractivity contribution in [3.8, 4) is 5.75 Å². The highest BCUT2D eigenvalue weighted by molar-refractivity contribution is 9.10. The summed E-state index contributed by atoms with van der Waals surface area (Å²) in [6, 6.07) is 11.0. The normalized spacial score (nSPS) is 21.5. The van der Waals surface area contributed by atoms with E-state index in [9.17, 15) is 23.4 Å². The minimum Gasteiger partial charge on any atom is -0.487 e. The first-order chi connectivity index (χ1) is 15.5. The van der Waals surface area contributed by atoms with Gasteiger partial charge in [-0.05, 0) is 49.9 Å². The molecule has 0 fully saturated rings. The van der Waals surface area contributed by atoms with Gasteiger partial charge in [-0.2, -0.15) is 4.31 Å². The summed E-state index contributed by atoms with van der Waals surface area (Å²) in [4.78, 5) is 13.4. The van der Waals surface area contributed by atoms with E-state index >= 15 is 0 Å². The standard InChI is InChI=1S/C23H29BrN2O6S/c1-15-11-26(16(2)14-27)33(30,31)22-8-7-19(24)10-20(22)32-21(15)13-25(3)12-17-5-4-6-18(9-17)23(28)29/h4-10,15-16,21,27H,11-14H2,1-3H3,(H,28,29)/t15-,16-,21+/m1/s1. The number of sulfonamides is 1. The first-order valence-corrected chi connectivity index (χ1v) is 12.9. The molecule has 3 atom stereocenters. The van der Waals surface area contributed by atoms with E-state index in [0.717, 1.165) is 5.56 Å². The van der Waals surface area contributed by atoms with Gasteiger partial charge in [0.05, 0.1) is 12.2 Å². The highest BCUT2D eigenvalue weighted by Gasteiger charge is 2.38. The van der Waals surface area contributed by atoms with Crippen molar-refractivity contribution in [2.24, 2.45) is 5.92 Å². The number of ether oxygens (including phenoxy) is 1. The molecule has 1 aliphatic heterocycles. The number of rotatable bonds is 7. The molecular formula is C23H29BrN2O6S. The van der Waals surface area contributed by atoms with Crippen LogP contribution in [0, 0.1) is 5.92 Å². The summed E-state index contributed by atoms with van der Waals surface area (Å²) >= 11 is 3.39. The van der Waals surface area contributed by atoms with Crippen LogP contribution in [0.25, 0.3) is 0 Å². The molecule has 1 aliphatic rings. The lowest BCUT2D eigenvalue weighted by molar-refractivity contribution is 0.0693. The molecule has 1 heterocycles. The van der Waals surface area contributed by atoms with E-state index in [1.54, 1.807) is 37.3 Å². The van der Waals surface area contributed by atoms with E-state index < -0.39 is 22.0 Å². The number of aliphatic hydroxyl groups is 1. The predicted octanol–water partition coefficient (Wildman–Crippen LogP) is 3.05. The zero-order valence-electron chi connectivity index (χ0n) is 18.8. The van der Waals surface area contributed by atoms with Crippen LogP contribution in [0.2, 0.25) is 0 Å². The number of aromatic carboxylic acids is 1. The second-order valence-electron chi connectivity index (χ2n) is 8.53. The third-order valence-corrected chi connectivity index (χ3v) is 8.26. The van der Waals surface area contributed by atoms with E-state index in [0.29, 0.717) is 17.6 Å². The van der Waals surface area contributed by atoms with Crippen molar-refractivity contribution in [1.82, 2.24) is 9.21 Å². The van der Waals surface area contributed by atoms with Crippen molar-refractivity contribution >= 4 is 31.9 Å². The average Bonchev–Trinajstić information content (AvgIpc) is 2.75. The average molecular weight is 541 g/mol. The number of fused-ring (bicyclic) bond motifs is 1. The molecule has 0 saturated heterocycles. The van der Waals surface area contributed by atoms with Gasteiger partial charge in [0.1, 0.15) is 16.7 Å². The smallest absolute Gasteiger partial charge is 0.335 e. The Balaban J connectivity index is 1.89. The van der Waals surface area contributed by atoms with E-state index in [1.807, 2.05) is 24.9 Å². The topological polar surface area (TPSA) is 107 Å². The second kappa shape index (κ2) is 10.5. The Morgan fingerprint density at radius 1 is 1.30 bits per heavy atom. The van der Waals surface area contributed by atoms with Crippen molar-refractivity contribution in [3.05, 3.63) is 58.1 Å². The number of carboxylic acids is 1. The fourth-order valence-electron chi connectivity index (χ4n) is 3.90. The van der Waals surface area contributed by atoms with Gasteiger partial charge in [0.15, 0.2) is 0 Å². The zero-order chi connectivity index (χ0) is 24.3. The van der Waals surface area contributed by atoms with Crippen molar-refractivity contribution in [2.75, 3.05) is 26.7 Å². The Kier molecular flexibility index (Phi) is 8.17. The Hall–Kier alpha value is -1.98. The lowest BCUT2D eigenvalue weighted by atomic mass is 10.0. The maximum atomic E-state index is 13.4. The van der Waals surface area contributed by atoms with Crippen molar-refractivity contribution in [2.45, 2.75) is 37.4 Å². The van der Waals surface area contributed by atoms with Gasteiger partial charge in [-0.3, -0.25) is 4.90 Å². The zero-order valence-corrected chi connectivity index (χ0v) is 21.2. The molecule has 0 unspecified atom stereocenters. The molecule has 0 aliphatic carbocycles. The molecule has 10 heteroatoms.